The van der Waals surface area contributed by atoms with Crippen LogP contribution < -0.4 is 10.0 Å². The summed E-state index contributed by atoms with van der Waals surface area (Å²) in [6.07, 6.45) is 4.90. The molecule has 2 aliphatic rings. The van der Waals surface area contributed by atoms with Crippen LogP contribution in [0.1, 0.15) is 24.0 Å². The van der Waals surface area contributed by atoms with Crippen LogP contribution >= 0.6 is 0 Å². The molecular formula is C23H27N3O4S. The average molecular weight is 442 g/mol. The smallest absolute Gasteiger partial charge is 0.248 e. The topological polar surface area (TPSA) is 87.7 Å². The van der Waals surface area contributed by atoms with Gasteiger partial charge in [-0.2, -0.15) is 0 Å². The third kappa shape index (κ3) is 6.48. The maximum atomic E-state index is 12.3. The van der Waals surface area contributed by atoms with Crippen LogP contribution in [0.2, 0.25) is 0 Å². The first-order valence-electron chi connectivity index (χ1n) is 10.5. The number of anilines is 1. The summed E-state index contributed by atoms with van der Waals surface area (Å²) in [4.78, 5) is 14.9. The standard InChI is InChI=1S/C23H27N3O4S/c27-23(24-21-3-1-2-19(16-21)17-26-12-14-30-15-13-26)11-6-18-4-9-22(10-5-18)31(28,29)25-20-7-8-20/h1-6,9-11,16,20,25H,7-8,12-15,17H2,(H,24,27)/b11-6+. The molecule has 1 aliphatic heterocycles. The van der Waals surface area contributed by atoms with Crippen molar-refractivity contribution in [1.82, 2.24) is 9.62 Å². The number of carbonyl (C=O) groups is 1. The van der Waals surface area contributed by atoms with E-state index in [-0.39, 0.29) is 16.8 Å². The lowest BCUT2D eigenvalue weighted by atomic mass is 10.1. The van der Waals surface area contributed by atoms with Crippen LogP contribution in [0, 0.1) is 0 Å². The van der Waals surface area contributed by atoms with E-state index in [1.54, 1.807) is 30.3 Å². The van der Waals surface area contributed by atoms with Crippen molar-refractivity contribution in [3.8, 4) is 0 Å². The lowest BCUT2D eigenvalue weighted by Crippen LogP contribution is -2.35. The Balaban J connectivity index is 1.32. The van der Waals surface area contributed by atoms with Gasteiger partial charge < -0.3 is 10.1 Å². The molecule has 0 unspecified atom stereocenters. The van der Waals surface area contributed by atoms with Crippen molar-refractivity contribution in [3.05, 3.63) is 65.7 Å². The van der Waals surface area contributed by atoms with Crippen molar-refractivity contribution in [3.63, 3.8) is 0 Å². The maximum absolute atomic E-state index is 12.3. The number of hydrogen-bond donors (Lipinski definition) is 2. The van der Waals surface area contributed by atoms with Crippen molar-refractivity contribution >= 4 is 27.7 Å². The van der Waals surface area contributed by atoms with Gasteiger partial charge in [0.1, 0.15) is 0 Å². The number of morpholine rings is 1. The summed E-state index contributed by atoms with van der Waals surface area (Å²) in [7, 11) is -3.46. The second-order valence-corrected chi connectivity index (χ2v) is 9.59. The SMILES string of the molecule is O=C(/C=C/c1ccc(S(=O)(=O)NC2CC2)cc1)Nc1cccc(CN2CCOCC2)c1. The van der Waals surface area contributed by atoms with Gasteiger partial charge in [-0.15, -0.1) is 0 Å². The lowest BCUT2D eigenvalue weighted by Gasteiger charge is -2.26. The highest BCUT2D eigenvalue weighted by atomic mass is 32.2. The number of carbonyl (C=O) groups excluding carboxylic acids is 1. The lowest BCUT2D eigenvalue weighted by molar-refractivity contribution is -0.111. The van der Waals surface area contributed by atoms with Crippen LogP contribution in [0.4, 0.5) is 5.69 Å². The van der Waals surface area contributed by atoms with Crippen molar-refractivity contribution in [1.29, 1.82) is 0 Å². The predicted octanol–water partition coefficient (Wildman–Crippen LogP) is 2.61. The minimum Gasteiger partial charge on any atom is -0.379 e. The van der Waals surface area contributed by atoms with E-state index in [9.17, 15) is 13.2 Å². The summed E-state index contributed by atoms with van der Waals surface area (Å²) in [6.45, 7) is 4.16. The van der Waals surface area contributed by atoms with E-state index < -0.39 is 10.0 Å². The van der Waals surface area contributed by atoms with Crippen molar-refractivity contribution in [2.75, 3.05) is 31.6 Å². The molecule has 164 valence electrons. The number of nitrogens with one attached hydrogen (secondary N) is 2. The Morgan fingerprint density at radius 1 is 1.10 bits per heavy atom. The largest absolute Gasteiger partial charge is 0.379 e. The van der Waals surface area contributed by atoms with E-state index in [4.69, 9.17) is 4.74 Å². The predicted molar refractivity (Wildman–Crippen MR) is 120 cm³/mol. The number of hydrogen-bond acceptors (Lipinski definition) is 5. The van der Waals surface area contributed by atoms with Gasteiger partial charge in [0.2, 0.25) is 15.9 Å². The van der Waals surface area contributed by atoms with Crippen LogP contribution in [0.5, 0.6) is 0 Å². The molecule has 7 nitrogen and oxygen atoms in total. The zero-order valence-electron chi connectivity index (χ0n) is 17.3. The number of rotatable bonds is 8. The summed E-state index contributed by atoms with van der Waals surface area (Å²) in [5, 5.41) is 2.88. The minimum atomic E-state index is -3.46. The van der Waals surface area contributed by atoms with Crippen LogP contribution in [0.25, 0.3) is 6.08 Å². The van der Waals surface area contributed by atoms with E-state index in [1.165, 1.54) is 6.08 Å². The van der Waals surface area contributed by atoms with E-state index >= 15 is 0 Å². The molecule has 0 atom stereocenters. The molecule has 31 heavy (non-hydrogen) atoms. The van der Waals surface area contributed by atoms with E-state index in [0.29, 0.717) is 0 Å². The normalized spacial score (nSPS) is 17.7. The molecule has 4 rings (SSSR count). The van der Waals surface area contributed by atoms with Crippen LogP contribution in [0.3, 0.4) is 0 Å². The number of ether oxygens (including phenoxy) is 1. The van der Waals surface area contributed by atoms with Gasteiger partial charge in [0.15, 0.2) is 0 Å². The molecule has 0 spiro atoms. The van der Waals surface area contributed by atoms with Crippen LogP contribution in [0.15, 0.2) is 59.5 Å². The Morgan fingerprint density at radius 3 is 2.55 bits per heavy atom. The Bertz CT molecular complexity index is 1040. The van der Waals surface area contributed by atoms with Crippen molar-refractivity contribution < 1.29 is 17.9 Å². The molecule has 2 aromatic rings. The quantitative estimate of drug-likeness (QED) is 0.615. The molecule has 1 saturated heterocycles. The second kappa shape index (κ2) is 9.74. The Hall–Kier alpha value is -2.52. The van der Waals surface area contributed by atoms with E-state index in [0.717, 1.165) is 62.5 Å². The summed E-state index contributed by atoms with van der Waals surface area (Å²) < 4.78 is 32.5. The van der Waals surface area contributed by atoms with Crippen molar-refractivity contribution in [2.45, 2.75) is 30.3 Å². The van der Waals surface area contributed by atoms with Gasteiger partial charge in [-0.05, 0) is 54.3 Å². The Kier molecular flexibility index (Phi) is 6.82. The van der Waals surface area contributed by atoms with Gasteiger partial charge >= 0.3 is 0 Å². The highest BCUT2D eigenvalue weighted by Crippen LogP contribution is 2.22. The minimum absolute atomic E-state index is 0.0700. The maximum Gasteiger partial charge on any atom is 0.248 e. The zero-order valence-corrected chi connectivity index (χ0v) is 18.1. The van der Waals surface area contributed by atoms with Crippen LogP contribution in [-0.4, -0.2) is 51.6 Å². The average Bonchev–Trinajstić information content (AvgIpc) is 3.57. The monoisotopic (exact) mass is 441 g/mol. The van der Waals surface area contributed by atoms with Gasteiger partial charge in [-0.3, -0.25) is 9.69 Å². The van der Waals surface area contributed by atoms with Crippen LogP contribution in [-0.2, 0) is 26.1 Å². The van der Waals surface area contributed by atoms with E-state index in [1.807, 2.05) is 18.2 Å². The fourth-order valence-electron chi connectivity index (χ4n) is 3.37. The second-order valence-electron chi connectivity index (χ2n) is 7.88. The molecule has 0 aromatic heterocycles. The molecule has 1 amide bonds. The molecule has 2 fully saturated rings. The fourth-order valence-corrected chi connectivity index (χ4v) is 4.67. The number of sulfonamides is 1. The highest BCUT2D eigenvalue weighted by Gasteiger charge is 2.27. The molecule has 1 heterocycles. The molecule has 0 radical (unpaired) electrons. The van der Waals surface area contributed by atoms with Crippen molar-refractivity contribution in [2.24, 2.45) is 0 Å². The first kappa shape index (κ1) is 21.7. The third-order valence-electron chi connectivity index (χ3n) is 5.22. The highest BCUT2D eigenvalue weighted by molar-refractivity contribution is 7.89. The number of amides is 1. The summed E-state index contributed by atoms with van der Waals surface area (Å²) in [6, 6.07) is 14.4. The molecule has 2 aromatic carbocycles. The van der Waals surface area contributed by atoms with Gasteiger partial charge in [0, 0.05) is 37.4 Å². The van der Waals surface area contributed by atoms with Gasteiger partial charge in [0.05, 0.1) is 18.1 Å². The first-order chi connectivity index (χ1) is 15.0. The molecule has 1 saturated carbocycles. The Morgan fingerprint density at radius 2 is 1.84 bits per heavy atom. The third-order valence-corrected chi connectivity index (χ3v) is 6.76. The zero-order chi connectivity index (χ0) is 21.7. The molecular weight excluding hydrogens is 414 g/mol. The molecule has 0 bridgehead atoms. The summed E-state index contributed by atoms with van der Waals surface area (Å²) in [5.74, 6) is -0.240. The molecule has 2 N–H and O–H groups in total. The van der Waals surface area contributed by atoms with Gasteiger partial charge in [0.25, 0.3) is 0 Å². The molecule has 8 heteroatoms. The Labute approximate surface area is 183 Å². The van der Waals surface area contributed by atoms with Gasteiger partial charge in [-0.25, -0.2) is 13.1 Å². The van der Waals surface area contributed by atoms with E-state index in [2.05, 4.69) is 21.0 Å². The van der Waals surface area contributed by atoms with Gasteiger partial charge in [-0.1, -0.05) is 24.3 Å². The number of nitrogens with zero attached hydrogens (tertiary/aromatic N) is 1. The fraction of sp³-hybridized carbons (Fsp3) is 0.348. The number of benzene rings is 2. The summed E-state index contributed by atoms with van der Waals surface area (Å²) in [5.41, 5.74) is 2.63. The molecule has 1 aliphatic carbocycles. The first-order valence-corrected chi connectivity index (χ1v) is 12.0. The summed E-state index contributed by atoms with van der Waals surface area (Å²) >= 11 is 0.